The number of carbonyl (C=O) groups is 2. The van der Waals surface area contributed by atoms with E-state index in [0.29, 0.717) is 6.42 Å². The zero-order chi connectivity index (χ0) is 23.2. The van der Waals surface area contributed by atoms with E-state index < -0.39 is 34.3 Å². The van der Waals surface area contributed by atoms with E-state index in [2.05, 4.69) is 5.32 Å². The highest BCUT2D eigenvalue weighted by Gasteiger charge is 2.31. The van der Waals surface area contributed by atoms with Crippen LogP contribution in [0.3, 0.4) is 0 Å². The van der Waals surface area contributed by atoms with E-state index in [1.54, 1.807) is 6.92 Å². The first-order valence-electron chi connectivity index (χ1n) is 9.87. The third kappa shape index (κ3) is 6.27. The normalized spacial score (nSPS) is 12.2. The minimum absolute atomic E-state index is 0.0414. The molecule has 0 saturated carbocycles. The molecule has 2 aromatic carbocycles. The number of nitrogens with zero attached hydrogens (tertiary/aromatic N) is 2. The molecule has 7 nitrogen and oxygen atoms in total. The molecule has 0 aromatic heterocycles. The molecule has 2 rings (SSSR count). The van der Waals surface area contributed by atoms with E-state index in [1.807, 2.05) is 31.2 Å². The monoisotopic (exact) mass is 449 g/mol. The van der Waals surface area contributed by atoms with Crippen molar-refractivity contribution >= 4 is 27.5 Å². The Kier molecular flexibility index (Phi) is 8.15. The van der Waals surface area contributed by atoms with Crippen molar-refractivity contribution < 1.29 is 22.4 Å². The largest absolute Gasteiger partial charge is 0.357 e. The number of benzene rings is 2. The summed E-state index contributed by atoms with van der Waals surface area (Å²) in [6, 6.07) is 11.7. The first-order chi connectivity index (χ1) is 14.6. The Balaban J connectivity index is 2.44. The number of sulfonamides is 1. The van der Waals surface area contributed by atoms with Gasteiger partial charge in [-0.15, -0.1) is 0 Å². The molecule has 0 aliphatic carbocycles. The summed E-state index contributed by atoms with van der Waals surface area (Å²) in [6.07, 6.45) is 1.29. The lowest BCUT2D eigenvalue weighted by atomic mass is 10.1. The predicted molar refractivity (Wildman–Crippen MR) is 118 cm³/mol. The predicted octanol–water partition coefficient (Wildman–Crippen LogP) is 2.45. The van der Waals surface area contributed by atoms with Crippen LogP contribution in [-0.4, -0.2) is 51.0 Å². The molecule has 1 atom stereocenters. The first kappa shape index (κ1) is 24.3. The summed E-state index contributed by atoms with van der Waals surface area (Å²) >= 11 is 0. The minimum atomic E-state index is -3.88. The number of halogens is 1. The van der Waals surface area contributed by atoms with Gasteiger partial charge in [-0.3, -0.25) is 13.9 Å². The van der Waals surface area contributed by atoms with Gasteiger partial charge in [0.05, 0.1) is 11.9 Å². The highest BCUT2D eigenvalue weighted by atomic mass is 32.2. The zero-order valence-corrected chi connectivity index (χ0v) is 18.9. The summed E-state index contributed by atoms with van der Waals surface area (Å²) in [6.45, 7) is 3.26. The lowest BCUT2D eigenvalue weighted by molar-refractivity contribution is -0.140. The van der Waals surface area contributed by atoms with Gasteiger partial charge in [-0.2, -0.15) is 0 Å². The van der Waals surface area contributed by atoms with E-state index in [9.17, 15) is 22.4 Å². The fourth-order valence-electron chi connectivity index (χ4n) is 3.30. The van der Waals surface area contributed by atoms with Gasteiger partial charge in [0, 0.05) is 13.6 Å². The lowest BCUT2D eigenvalue weighted by Gasteiger charge is -2.33. The fraction of sp³-hybridized carbons (Fsp3) is 0.364. The Morgan fingerprint density at radius 1 is 1.13 bits per heavy atom. The van der Waals surface area contributed by atoms with Crippen molar-refractivity contribution in [3.05, 3.63) is 65.5 Å². The third-order valence-corrected chi connectivity index (χ3v) is 6.15. The highest BCUT2D eigenvalue weighted by molar-refractivity contribution is 7.92. The van der Waals surface area contributed by atoms with Crippen molar-refractivity contribution in [2.75, 3.05) is 24.2 Å². The summed E-state index contributed by atoms with van der Waals surface area (Å²) in [5.41, 5.74) is 1.83. The maximum atomic E-state index is 13.7. The molecule has 9 heteroatoms. The second kappa shape index (κ2) is 10.4. The van der Waals surface area contributed by atoms with Gasteiger partial charge < -0.3 is 10.2 Å². The highest BCUT2D eigenvalue weighted by Crippen LogP contribution is 2.21. The van der Waals surface area contributed by atoms with Gasteiger partial charge in [0.25, 0.3) is 0 Å². The molecule has 0 unspecified atom stereocenters. The molecule has 0 aliphatic rings. The van der Waals surface area contributed by atoms with Crippen molar-refractivity contribution in [3.63, 3.8) is 0 Å². The van der Waals surface area contributed by atoms with Gasteiger partial charge in [-0.05, 0) is 42.7 Å². The summed E-state index contributed by atoms with van der Waals surface area (Å²) < 4.78 is 39.3. The molecule has 1 N–H and O–H groups in total. The van der Waals surface area contributed by atoms with Crippen molar-refractivity contribution in [1.29, 1.82) is 0 Å². The first-order valence-corrected chi connectivity index (χ1v) is 11.7. The van der Waals surface area contributed by atoms with Gasteiger partial charge >= 0.3 is 0 Å². The molecule has 0 aliphatic heterocycles. The maximum absolute atomic E-state index is 13.7. The Morgan fingerprint density at radius 2 is 1.81 bits per heavy atom. The van der Waals surface area contributed by atoms with Crippen LogP contribution >= 0.6 is 0 Å². The van der Waals surface area contributed by atoms with E-state index in [-0.39, 0.29) is 18.1 Å². The minimum Gasteiger partial charge on any atom is -0.357 e. The van der Waals surface area contributed by atoms with Gasteiger partial charge in [-0.1, -0.05) is 37.3 Å². The molecular formula is C22H28FN3O4S. The topological polar surface area (TPSA) is 86.8 Å². The van der Waals surface area contributed by atoms with Crippen LogP contribution in [0.25, 0.3) is 0 Å². The van der Waals surface area contributed by atoms with Crippen LogP contribution in [-0.2, 0) is 26.2 Å². The summed E-state index contributed by atoms with van der Waals surface area (Å²) in [4.78, 5) is 27.2. The average molecular weight is 450 g/mol. The number of amides is 2. The number of anilines is 1. The number of hydrogen-bond donors (Lipinski definition) is 1. The molecule has 0 spiro atoms. The Bertz CT molecular complexity index is 1040. The van der Waals surface area contributed by atoms with E-state index >= 15 is 0 Å². The fourth-order valence-corrected chi connectivity index (χ4v) is 4.14. The quantitative estimate of drug-likeness (QED) is 0.637. The second-order valence-corrected chi connectivity index (χ2v) is 9.14. The molecule has 0 saturated heterocycles. The van der Waals surface area contributed by atoms with Gasteiger partial charge in [0.2, 0.25) is 21.8 Å². The summed E-state index contributed by atoms with van der Waals surface area (Å²) in [5, 5.41) is 2.56. The van der Waals surface area contributed by atoms with Crippen molar-refractivity contribution in [3.8, 4) is 0 Å². The number of hydrogen-bond acceptors (Lipinski definition) is 4. The Hall–Kier alpha value is -2.94. The van der Waals surface area contributed by atoms with E-state index in [4.69, 9.17) is 0 Å². The van der Waals surface area contributed by atoms with Crippen LogP contribution in [0.4, 0.5) is 10.1 Å². The lowest BCUT2D eigenvalue weighted by Crippen LogP contribution is -2.51. The molecule has 0 bridgehead atoms. The zero-order valence-electron chi connectivity index (χ0n) is 18.1. The van der Waals surface area contributed by atoms with Crippen LogP contribution in [0, 0.1) is 12.7 Å². The Labute approximate surface area is 182 Å². The van der Waals surface area contributed by atoms with Gasteiger partial charge in [0.15, 0.2) is 0 Å². The smallest absolute Gasteiger partial charge is 0.244 e. The van der Waals surface area contributed by atoms with E-state index in [1.165, 1.54) is 30.1 Å². The molecule has 2 amide bonds. The molecule has 0 heterocycles. The maximum Gasteiger partial charge on any atom is 0.244 e. The SMILES string of the molecule is CC[C@@H](C(=O)NC)N(Cc1ccccc1C)C(=O)CN(c1cccc(F)c1)S(C)(=O)=O. The second-order valence-electron chi connectivity index (χ2n) is 7.24. The van der Waals surface area contributed by atoms with Crippen LogP contribution in [0.2, 0.25) is 0 Å². The molecule has 0 radical (unpaired) electrons. The van der Waals surface area contributed by atoms with Gasteiger partial charge in [-0.25, -0.2) is 12.8 Å². The number of rotatable bonds is 9. The van der Waals surface area contributed by atoms with Gasteiger partial charge in [0.1, 0.15) is 18.4 Å². The number of aryl methyl sites for hydroxylation is 1. The van der Waals surface area contributed by atoms with Crippen LogP contribution < -0.4 is 9.62 Å². The summed E-state index contributed by atoms with van der Waals surface area (Å²) in [5.74, 6) is -1.53. The number of nitrogens with one attached hydrogen (secondary N) is 1. The summed E-state index contributed by atoms with van der Waals surface area (Å²) in [7, 11) is -2.40. The number of likely N-dealkylation sites (N-methyl/N-ethyl adjacent to an activating group) is 1. The molecule has 2 aromatic rings. The van der Waals surface area contributed by atoms with Crippen molar-refractivity contribution in [2.24, 2.45) is 0 Å². The van der Waals surface area contributed by atoms with Crippen LogP contribution in [0.15, 0.2) is 48.5 Å². The van der Waals surface area contributed by atoms with Crippen molar-refractivity contribution in [1.82, 2.24) is 10.2 Å². The van der Waals surface area contributed by atoms with E-state index in [0.717, 1.165) is 27.8 Å². The number of carbonyl (C=O) groups excluding carboxylic acids is 2. The van der Waals surface area contributed by atoms with Crippen molar-refractivity contribution in [2.45, 2.75) is 32.9 Å². The molecular weight excluding hydrogens is 421 g/mol. The third-order valence-electron chi connectivity index (χ3n) is 5.01. The van der Waals surface area contributed by atoms with Crippen LogP contribution in [0.5, 0.6) is 0 Å². The molecule has 168 valence electrons. The average Bonchev–Trinajstić information content (AvgIpc) is 2.71. The molecule has 0 fully saturated rings. The molecule has 31 heavy (non-hydrogen) atoms. The standard InChI is InChI=1S/C22H28FN3O4S/c1-5-20(22(28)24-3)25(14-17-10-7-6-9-16(17)2)21(27)15-26(31(4,29)30)19-12-8-11-18(23)13-19/h6-13,20H,5,14-15H2,1-4H3,(H,24,28)/t20-/m0/s1. The Morgan fingerprint density at radius 3 is 2.35 bits per heavy atom. The van der Waals surface area contributed by atoms with Crippen LogP contribution in [0.1, 0.15) is 24.5 Å².